The molecule has 0 aliphatic rings. The minimum absolute atomic E-state index is 0.152. The summed E-state index contributed by atoms with van der Waals surface area (Å²) in [6.45, 7) is 7.20. The molecule has 5 nitrogen and oxygen atoms in total. The van der Waals surface area contributed by atoms with Crippen molar-refractivity contribution in [2.24, 2.45) is 0 Å². The minimum Gasteiger partial charge on any atom is -0.350 e. The van der Waals surface area contributed by atoms with Crippen LogP contribution >= 0.6 is 0 Å². The first-order chi connectivity index (χ1) is 11.6. The molecule has 0 bridgehead atoms. The molecule has 0 aromatic heterocycles. The molecule has 25 heavy (non-hydrogen) atoms. The van der Waals surface area contributed by atoms with Crippen LogP contribution < -0.4 is 9.62 Å². The van der Waals surface area contributed by atoms with Crippen molar-refractivity contribution in [3.8, 4) is 0 Å². The summed E-state index contributed by atoms with van der Waals surface area (Å²) in [6.07, 6.45) is 0. The van der Waals surface area contributed by atoms with E-state index >= 15 is 0 Å². The van der Waals surface area contributed by atoms with Crippen molar-refractivity contribution in [3.05, 3.63) is 60.2 Å². The highest BCUT2D eigenvalue weighted by molar-refractivity contribution is 7.92. The smallest absolute Gasteiger partial charge is 0.264 e. The molecule has 0 radical (unpaired) electrons. The normalized spacial score (nSPS) is 11.8. The number of sulfonamides is 1. The van der Waals surface area contributed by atoms with Gasteiger partial charge >= 0.3 is 0 Å². The second kappa shape index (κ2) is 7.27. The lowest BCUT2D eigenvalue weighted by atomic mass is 10.1. The lowest BCUT2D eigenvalue weighted by Crippen LogP contribution is -2.47. The SMILES string of the molecule is Cc1ccc(N(CC(=O)NC(C)(C)C)S(=O)(=O)c2ccccc2)cc1. The van der Waals surface area contributed by atoms with E-state index in [1.165, 1.54) is 12.1 Å². The molecule has 2 aromatic carbocycles. The number of rotatable bonds is 5. The second-order valence-electron chi connectivity index (χ2n) is 6.96. The van der Waals surface area contributed by atoms with Crippen LogP contribution in [0.1, 0.15) is 26.3 Å². The van der Waals surface area contributed by atoms with Crippen molar-refractivity contribution in [2.75, 3.05) is 10.8 Å². The largest absolute Gasteiger partial charge is 0.350 e. The number of hydrogen-bond acceptors (Lipinski definition) is 3. The fourth-order valence-corrected chi connectivity index (χ4v) is 3.78. The van der Waals surface area contributed by atoms with Crippen LogP contribution in [0.5, 0.6) is 0 Å². The van der Waals surface area contributed by atoms with Crippen molar-refractivity contribution in [1.29, 1.82) is 0 Å². The molecule has 2 aromatic rings. The number of benzene rings is 2. The molecule has 2 rings (SSSR count). The second-order valence-corrected chi connectivity index (χ2v) is 8.82. The molecular weight excluding hydrogens is 336 g/mol. The number of carbonyl (C=O) groups excluding carboxylic acids is 1. The van der Waals surface area contributed by atoms with Gasteiger partial charge in [-0.1, -0.05) is 35.9 Å². The number of nitrogens with one attached hydrogen (secondary N) is 1. The van der Waals surface area contributed by atoms with Crippen LogP contribution in [0, 0.1) is 6.92 Å². The number of amides is 1. The van der Waals surface area contributed by atoms with Crippen LogP contribution in [0.4, 0.5) is 5.69 Å². The highest BCUT2D eigenvalue weighted by Crippen LogP contribution is 2.24. The van der Waals surface area contributed by atoms with E-state index in [0.29, 0.717) is 5.69 Å². The molecule has 6 heteroatoms. The van der Waals surface area contributed by atoms with Crippen molar-refractivity contribution in [3.63, 3.8) is 0 Å². The zero-order chi connectivity index (χ0) is 18.7. The Morgan fingerprint density at radius 3 is 2.08 bits per heavy atom. The van der Waals surface area contributed by atoms with Gasteiger partial charge in [0.2, 0.25) is 5.91 Å². The van der Waals surface area contributed by atoms with Crippen LogP contribution in [0.25, 0.3) is 0 Å². The Kier molecular flexibility index (Phi) is 5.52. The van der Waals surface area contributed by atoms with Gasteiger partial charge in [-0.25, -0.2) is 8.42 Å². The summed E-state index contributed by atoms with van der Waals surface area (Å²) in [5, 5.41) is 2.81. The Hall–Kier alpha value is -2.34. The molecule has 0 fully saturated rings. The van der Waals surface area contributed by atoms with Crippen LogP contribution in [0.15, 0.2) is 59.5 Å². The third kappa shape index (κ3) is 5.06. The third-order valence-corrected chi connectivity index (χ3v) is 5.24. The first-order valence-electron chi connectivity index (χ1n) is 8.05. The first kappa shape index (κ1) is 19.0. The van der Waals surface area contributed by atoms with Gasteiger partial charge in [0.15, 0.2) is 0 Å². The molecule has 0 unspecified atom stereocenters. The molecular formula is C19H24N2O3S. The molecule has 0 saturated carbocycles. The molecule has 0 atom stereocenters. The molecule has 0 aliphatic carbocycles. The molecule has 0 saturated heterocycles. The van der Waals surface area contributed by atoms with E-state index in [1.54, 1.807) is 30.3 Å². The van der Waals surface area contributed by atoms with Gasteiger partial charge < -0.3 is 5.32 Å². The predicted octanol–water partition coefficient (Wildman–Crippen LogP) is 3.11. The topological polar surface area (TPSA) is 66.5 Å². The van der Waals surface area contributed by atoms with Crippen LogP contribution in [0.3, 0.4) is 0 Å². The Labute approximate surface area is 149 Å². The summed E-state index contributed by atoms with van der Waals surface area (Å²) >= 11 is 0. The van der Waals surface area contributed by atoms with Crippen molar-refractivity contribution in [1.82, 2.24) is 5.32 Å². The van der Waals surface area contributed by atoms with E-state index in [9.17, 15) is 13.2 Å². The molecule has 0 aliphatic heterocycles. The molecule has 0 spiro atoms. The van der Waals surface area contributed by atoms with E-state index < -0.39 is 15.6 Å². The van der Waals surface area contributed by atoms with E-state index in [4.69, 9.17) is 0 Å². The monoisotopic (exact) mass is 360 g/mol. The summed E-state index contributed by atoms with van der Waals surface area (Å²) < 4.78 is 27.3. The number of aryl methyl sites for hydroxylation is 1. The summed E-state index contributed by atoms with van der Waals surface area (Å²) in [4.78, 5) is 12.5. The van der Waals surface area contributed by atoms with E-state index in [0.717, 1.165) is 9.87 Å². The maximum Gasteiger partial charge on any atom is 0.264 e. The van der Waals surface area contributed by atoms with Crippen molar-refractivity contribution in [2.45, 2.75) is 38.1 Å². The van der Waals surface area contributed by atoms with Gasteiger partial charge in [-0.05, 0) is 52.0 Å². The Morgan fingerprint density at radius 2 is 1.56 bits per heavy atom. The van der Waals surface area contributed by atoms with Gasteiger partial charge in [-0.3, -0.25) is 9.10 Å². The van der Waals surface area contributed by atoms with Gasteiger partial charge in [0.25, 0.3) is 10.0 Å². The lowest BCUT2D eigenvalue weighted by Gasteiger charge is -2.27. The maximum atomic E-state index is 13.1. The van der Waals surface area contributed by atoms with Gasteiger partial charge in [-0.15, -0.1) is 0 Å². The summed E-state index contributed by atoms with van der Waals surface area (Å²) in [7, 11) is -3.85. The average Bonchev–Trinajstić information content (AvgIpc) is 2.53. The van der Waals surface area contributed by atoms with Gasteiger partial charge in [-0.2, -0.15) is 0 Å². The Balaban J connectivity index is 2.42. The van der Waals surface area contributed by atoms with Gasteiger partial charge in [0.05, 0.1) is 10.6 Å². The Morgan fingerprint density at radius 1 is 1.00 bits per heavy atom. The highest BCUT2D eigenvalue weighted by Gasteiger charge is 2.28. The zero-order valence-electron chi connectivity index (χ0n) is 15.0. The first-order valence-corrected chi connectivity index (χ1v) is 9.49. The van der Waals surface area contributed by atoms with Crippen LogP contribution in [-0.2, 0) is 14.8 Å². The van der Waals surface area contributed by atoms with Gasteiger partial charge in [0.1, 0.15) is 6.54 Å². The van der Waals surface area contributed by atoms with Crippen LogP contribution in [0.2, 0.25) is 0 Å². The number of nitrogens with zero attached hydrogens (tertiary/aromatic N) is 1. The minimum atomic E-state index is -3.85. The number of carbonyl (C=O) groups is 1. The van der Waals surface area contributed by atoms with E-state index in [2.05, 4.69) is 5.32 Å². The van der Waals surface area contributed by atoms with E-state index in [-0.39, 0.29) is 17.3 Å². The fourth-order valence-electron chi connectivity index (χ4n) is 2.33. The third-order valence-electron chi connectivity index (χ3n) is 3.45. The molecule has 0 heterocycles. The average molecular weight is 360 g/mol. The standard InChI is InChI=1S/C19H24N2O3S/c1-15-10-12-16(13-11-15)21(14-18(22)20-19(2,3)4)25(23,24)17-8-6-5-7-9-17/h5-13H,14H2,1-4H3,(H,20,22). The predicted molar refractivity (Wildman–Crippen MR) is 100 cm³/mol. The quantitative estimate of drug-likeness (QED) is 0.891. The van der Waals surface area contributed by atoms with Crippen molar-refractivity contribution >= 4 is 21.6 Å². The maximum absolute atomic E-state index is 13.1. The molecule has 1 amide bonds. The lowest BCUT2D eigenvalue weighted by molar-refractivity contribution is -0.121. The van der Waals surface area contributed by atoms with Crippen LogP contribution in [-0.4, -0.2) is 26.4 Å². The zero-order valence-corrected chi connectivity index (χ0v) is 15.8. The number of hydrogen-bond donors (Lipinski definition) is 1. The fraction of sp³-hybridized carbons (Fsp3) is 0.316. The molecule has 134 valence electrons. The highest BCUT2D eigenvalue weighted by atomic mass is 32.2. The summed E-state index contributed by atoms with van der Waals surface area (Å²) in [5.74, 6) is -0.354. The molecule has 1 N–H and O–H groups in total. The Bertz CT molecular complexity index is 823. The van der Waals surface area contributed by atoms with E-state index in [1.807, 2.05) is 39.8 Å². The van der Waals surface area contributed by atoms with Crippen molar-refractivity contribution < 1.29 is 13.2 Å². The number of anilines is 1. The summed E-state index contributed by atoms with van der Waals surface area (Å²) in [5.41, 5.74) is 1.03. The summed E-state index contributed by atoms with van der Waals surface area (Å²) in [6, 6.07) is 15.2. The van der Waals surface area contributed by atoms with Gasteiger partial charge in [0, 0.05) is 5.54 Å².